The first-order chi connectivity index (χ1) is 18.3. The van der Waals surface area contributed by atoms with Gasteiger partial charge in [0.2, 0.25) is 5.91 Å². The van der Waals surface area contributed by atoms with Crippen LogP contribution in [-0.4, -0.2) is 35.4 Å². The number of imidazole rings is 1. The van der Waals surface area contributed by atoms with Crippen LogP contribution in [-0.2, 0) is 16.6 Å². The van der Waals surface area contributed by atoms with Crippen molar-refractivity contribution in [3.05, 3.63) is 58.1 Å². The van der Waals surface area contributed by atoms with Crippen molar-refractivity contribution in [2.75, 3.05) is 11.1 Å². The van der Waals surface area contributed by atoms with Gasteiger partial charge in [0.05, 0.1) is 16.3 Å². The molecule has 1 fully saturated rings. The lowest BCUT2D eigenvalue weighted by atomic mass is 9.77. The second-order valence-corrected chi connectivity index (χ2v) is 10.5. The van der Waals surface area contributed by atoms with Crippen molar-refractivity contribution in [3.63, 3.8) is 0 Å². The van der Waals surface area contributed by atoms with Crippen LogP contribution in [0.5, 0.6) is 5.75 Å². The van der Waals surface area contributed by atoms with Crippen LogP contribution in [0.4, 0.5) is 11.6 Å². The number of phenols is 1. The molecule has 1 aliphatic heterocycles. The number of carbonyl (C=O) groups excluding carboxylic acids is 1. The lowest BCUT2D eigenvalue weighted by molar-refractivity contribution is -0.119. The molecule has 1 saturated carbocycles. The summed E-state index contributed by atoms with van der Waals surface area (Å²) in [7, 11) is 0. The minimum atomic E-state index is -1.33. The molecule has 6 rings (SSSR count). The molecule has 192 valence electrons. The lowest BCUT2D eigenvalue weighted by Gasteiger charge is -2.24. The third-order valence-corrected chi connectivity index (χ3v) is 8.06. The smallest absolute Gasteiger partial charge is 0.240 e. The largest absolute Gasteiger partial charge is 0.507 e. The van der Waals surface area contributed by atoms with Gasteiger partial charge in [-0.3, -0.25) is 4.79 Å². The monoisotopic (exact) mass is 528 g/mol. The van der Waals surface area contributed by atoms with Gasteiger partial charge in [-0.25, -0.2) is 19.9 Å². The highest BCUT2D eigenvalue weighted by molar-refractivity contribution is 6.32. The van der Waals surface area contributed by atoms with Gasteiger partial charge in [0.25, 0.3) is 0 Å². The van der Waals surface area contributed by atoms with E-state index in [4.69, 9.17) is 22.3 Å². The summed E-state index contributed by atoms with van der Waals surface area (Å²) in [6.45, 7) is 1.66. The molecule has 4 heterocycles. The number of aromatic hydroxyl groups is 1. The number of fused-ring (bicyclic) bond motifs is 2. The number of carbonyl (C=O) groups is 1. The van der Waals surface area contributed by atoms with E-state index in [2.05, 4.69) is 20.3 Å². The van der Waals surface area contributed by atoms with Gasteiger partial charge in [-0.15, -0.1) is 0 Å². The number of halogens is 1. The SMILES string of the molecule is C[C@@]1(c2cc(O)c(C#N)c(Cl)c2)C(=O)Nc2nc(-c3cn4ccnc4c(CC4CCCCC4)n3)nc(N)c21. The molecule has 4 aromatic rings. The highest BCUT2D eigenvalue weighted by atomic mass is 35.5. The number of hydrogen-bond donors (Lipinski definition) is 3. The molecular formula is C27H25ClN8O2. The summed E-state index contributed by atoms with van der Waals surface area (Å²) in [5.74, 6) is 0.493. The normalized spacial score (nSPS) is 19.3. The molecule has 0 unspecified atom stereocenters. The number of nitrogens with zero attached hydrogens (tertiary/aromatic N) is 6. The molecule has 0 bridgehead atoms. The van der Waals surface area contributed by atoms with E-state index in [0.717, 1.165) is 17.8 Å². The highest BCUT2D eigenvalue weighted by Gasteiger charge is 2.48. The number of rotatable bonds is 4. The van der Waals surface area contributed by atoms with Crippen molar-refractivity contribution < 1.29 is 9.90 Å². The van der Waals surface area contributed by atoms with Crippen molar-refractivity contribution in [3.8, 4) is 23.3 Å². The number of phenolic OH excluding ortho intramolecular Hbond substituents is 1. The van der Waals surface area contributed by atoms with E-state index in [1.165, 1.54) is 44.2 Å². The Morgan fingerprint density at radius 2 is 2.05 bits per heavy atom. The second-order valence-electron chi connectivity index (χ2n) is 10.1. The second kappa shape index (κ2) is 8.96. The standard InChI is InChI=1S/C27H25ClN8O2/c1-27(15-10-17(28)16(12-29)20(37)11-15)21-22(30)33-23(34-24(21)35-26(27)38)19-13-36-8-7-31-25(36)18(32-19)9-14-5-3-2-4-6-14/h7-8,10-11,13-14,37H,2-6,9H2,1H3,(H3,30,33,34,35,38)/t27-/m0/s1. The van der Waals surface area contributed by atoms with E-state index in [1.807, 2.05) is 22.9 Å². The Kier molecular flexibility index (Phi) is 5.69. The van der Waals surface area contributed by atoms with Gasteiger partial charge in [-0.1, -0.05) is 43.7 Å². The van der Waals surface area contributed by atoms with Crippen LogP contribution in [0, 0.1) is 17.2 Å². The molecule has 1 atom stereocenters. The number of hydrogen-bond acceptors (Lipinski definition) is 8. The Labute approximate surface area is 223 Å². The zero-order valence-electron chi connectivity index (χ0n) is 20.7. The molecular weight excluding hydrogens is 504 g/mol. The fraction of sp³-hybridized carbons (Fsp3) is 0.333. The summed E-state index contributed by atoms with van der Waals surface area (Å²) in [6.07, 6.45) is 12.4. The quantitative estimate of drug-likeness (QED) is 0.352. The zero-order valence-corrected chi connectivity index (χ0v) is 21.5. The topological polar surface area (TPSA) is 155 Å². The number of nitrogens with two attached hydrogens (primary N) is 1. The maximum Gasteiger partial charge on any atom is 0.240 e. The summed E-state index contributed by atoms with van der Waals surface area (Å²) in [6, 6.07) is 4.68. The summed E-state index contributed by atoms with van der Waals surface area (Å²) in [4.78, 5) is 31.9. The maximum absolute atomic E-state index is 13.3. The summed E-state index contributed by atoms with van der Waals surface area (Å²) >= 11 is 6.23. The summed E-state index contributed by atoms with van der Waals surface area (Å²) < 4.78 is 1.91. The molecule has 11 heteroatoms. The van der Waals surface area contributed by atoms with Crippen molar-refractivity contribution in [1.29, 1.82) is 5.26 Å². The average Bonchev–Trinajstić information content (AvgIpc) is 3.47. The Morgan fingerprint density at radius 3 is 2.79 bits per heavy atom. The molecule has 1 aliphatic carbocycles. The molecule has 38 heavy (non-hydrogen) atoms. The summed E-state index contributed by atoms with van der Waals surface area (Å²) in [5, 5.41) is 22.4. The van der Waals surface area contributed by atoms with Crippen molar-refractivity contribution >= 4 is 34.8 Å². The first kappa shape index (κ1) is 24.1. The Balaban J connectivity index is 1.44. The maximum atomic E-state index is 13.3. The number of nitriles is 1. The van der Waals surface area contributed by atoms with Gasteiger partial charge in [0.15, 0.2) is 11.5 Å². The molecule has 1 aromatic carbocycles. The van der Waals surface area contributed by atoms with Crippen molar-refractivity contribution in [2.24, 2.45) is 5.92 Å². The molecule has 3 aromatic heterocycles. The average molecular weight is 529 g/mol. The molecule has 4 N–H and O–H groups in total. The van der Waals surface area contributed by atoms with E-state index < -0.39 is 11.3 Å². The molecule has 10 nitrogen and oxygen atoms in total. The lowest BCUT2D eigenvalue weighted by Crippen LogP contribution is -2.33. The molecule has 2 aliphatic rings. The first-order valence-corrected chi connectivity index (χ1v) is 12.9. The van der Waals surface area contributed by atoms with Crippen LogP contribution in [0.25, 0.3) is 17.2 Å². The van der Waals surface area contributed by atoms with E-state index >= 15 is 0 Å². The Morgan fingerprint density at radius 1 is 1.26 bits per heavy atom. The van der Waals surface area contributed by atoms with E-state index in [1.54, 1.807) is 13.1 Å². The van der Waals surface area contributed by atoms with Crippen LogP contribution in [0.3, 0.4) is 0 Å². The van der Waals surface area contributed by atoms with Gasteiger partial charge in [-0.05, 0) is 37.0 Å². The number of nitrogens with one attached hydrogen (secondary N) is 1. The van der Waals surface area contributed by atoms with Crippen LogP contribution in [0.15, 0.2) is 30.7 Å². The Bertz CT molecular complexity index is 1630. The van der Waals surface area contributed by atoms with E-state index in [0.29, 0.717) is 22.7 Å². The number of amides is 1. The van der Waals surface area contributed by atoms with Crippen LogP contribution < -0.4 is 11.1 Å². The number of aromatic nitrogens is 5. The molecule has 1 amide bonds. The van der Waals surface area contributed by atoms with Gasteiger partial charge in [-0.2, -0.15) is 5.26 Å². The van der Waals surface area contributed by atoms with E-state index in [-0.39, 0.29) is 33.8 Å². The third kappa shape index (κ3) is 3.73. The minimum absolute atomic E-state index is 0.0319. The third-order valence-electron chi connectivity index (χ3n) is 7.76. The molecule has 0 saturated heterocycles. The first-order valence-electron chi connectivity index (χ1n) is 12.5. The van der Waals surface area contributed by atoms with Crippen molar-refractivity contribution in [1.82, 2.24) is 24.3 Å². The molecule has 0 spiro atoms. The highest BCUT2D eigenvalue weighted by Crippen LogP contribution is 2.46. The number of benzene rings is 1. The van der Waals surface area contributed by atoms with Crippen LogP contribution in [0.2, 0.25) is 5.02 Å². The van der Waals surface area contributed by atoms with Gasteiger partial charge >= 0.3 is 0 Å². The predicted octanol–water partition coefficient (Wildman–Crippen LogP) is 4.38. The Hall–Kier alpha value is -4.23. The van der Waals surface area contributed by atoms with Gasteiger partial charge in [0, 0.05) is 18.6 Å². The predicted molar refractivity (Wildman–Crippen MR) is 142 cm³/mol. The van der Waals surface area contributed by atoms with Crippen molar-refractivity contribution in [2.45, 2.75) is 50.9 Å². The van der Waals surface area contributed by atoms with E-state index in [9.17, 15) is 15.2 Å². The number of nitrogen functional groups attached to an aromatic ring is 1. The van der Waals surface area contributed by atoms with Crippen LogP contribution >= 0.6 is 11.6 Å². The van der Waals surface area contributed by atoms with Crippen LogP contribution in [0.1, 0.15) is 61.4 Å². The fourth-order valence-corrected chi connectivity index (χ4v) is 5.95. The zero-order chi connectivity index (χ0) is 26.6. The van der Waals surface area contributed by atoms with Gasteiger partial charge in [0.1, 0.15) is 40.1 Å². The minimum Gasteiger partial charge on any atom is -0.507 e. The molecule has 0 radical (unpaired) electrons. The number of anilines is 2. The van der Waals surface area contributed by atoms with Gasteiger partial charge < -0.3 is 20.6 Å². The fourth-order valence-electron chi connectivity index (χ4n) is 5.70. The summed E-state index contributed by atoms with van der Waals surface area (Å²) in [5.41, 5.74) is 8.02.